The molecule has 0 radical (unpaired) electrons. The van der Waals surface area contributed by atoms with E-state index in [1.165, 1.54) is 24.3 Å². The maximum atomic E-state index is 13.0. The number of pyridine rings is 1. The van der Waals surface area contributed by atoms with Crippen molar-refractivity contribution in [1.82, 2.24) is 4.98 Å². The predicted molar refractivity (Wildman–Crippen MR) is 99.8 cm³/mol. The minimum atomic E-state index is -0.641. The second kappa shape index (κ2) is 8.03. The van der Waals surface area contributed by atoms with E-state index in [4.69, 9.17) is 9.47 Å². The zero-order valence-electron chi connectivity index (χ0n) is 15.2. The number of nitrogens with zero attached hydrogens (tertiary/aromatic N) is 1. The summed E-state index contributed by atoms with van der Waals surface area (Å²) in [6.45, 7) is 4.03. The molecule has 0 aliphatic heterocycles. The number of esters is 1. The van der Waals surface area contributed by atoms with Gasteiger partial charge in [-0.2, -0.15) is 0 Å². The zero-order valence-corrected chi connectivity index (χ0v) is 15.2. The number of carbonyl (C=O) groups is 1. The summed E-state index contributed by atoms with van der Waals surface area (Å²) in [5.74, 6) is -0.203. The van der Waals surface area contributed by atoms with Crippen molar-refractivity contribution in [2.45, 2.75) is 26.7 Å². The van der Waals surface area contributed by atoms with Gasteiger partial charge in [-0.1, -0.05) is 13.3 Å². The monoisotopic (exact) mass is 369 g/mol. The topological polar surface area (TPSA) is 68.7 Å². The van der Waals surface area contributed by atoms with Crippen LogP contribution in [0.1, 0.15) is 35.9 Å². The fraction of sp³-hybridized carbons (Fsp3) is 0.238. The molecular weight excluding hydrogens is 349 g/mol. The van der Waals surface area contributed by atoms with E-state index in [0.717, 1.165) is 12.8 Å². The largest absolute Gasteiger partial charge is 0.505 e. The van der Waals surface area contributed by atoms with E-state index < -0.39 is 5.97 Å². The third-order valence-electron chi connectivity index (χ3n) is 4.11. The van der Waals surface area contributed by atoms with Gasteiger partial charge in [0, 0.05) is 16.5 Å². The van der Waals surface area contributed by atoms with Gasteiger partial charge in [0.05, 0.1) is 6.61 Å². The Kier molecular flexibility index (Phi) is 5.54. The number of hydrogen-bond acceptors (Lipinski definition) is 5. The average molecular weight is 369 g/mol. The Morgan fingerprint density at radius 3 is 2.52 bits per heavy atom. The third kappa shape index (κ3) is 4.16. The highest BCUT2D eigenvalue weighted by molar-refractivity contribution is 6.00. The van der Waals surface area contributed by atoms with Crippen molar-refractivity contribution in [3.63, 3.8) is 0 Å². The maximum absolute atomic E-state index is 13.0. The molecule has 0 unspecified atom stereocenters. The van der Waals surface area contributed by atoms with Crippen LogP contribution in [0, 0.1) is 12.7 Å². The first kappa shape index (κ1) is 18.6. The second-order valence-electron chi connectivity index (χ2n) is 6.15. The molecule has 3 aromatic rings. The molecular formula is C21H20FNO4. The fourth-order valence-electron chi connectivity index (χ4n) is 2.66. The van der Waals surface area contributed by atoms with Crippen LogP contribution in [-0.4, -0.2) is 22.7 Å². The number of halogens is 1. The molecule has 1 heterocycles. The smallest absolute Gasteiger partial charge is 0.360 e. The van der Waals surface area contributed by atoms with Crippen molar-refractivity contribution in [2.75, 3.05) is 6.61 Å². The van der Waals surface area contributed by atoms with Gasteiger partial charge in [-0.25, -0.2) is 14.2 Å². The summed E-state index contributed by atoms with van der Waals surface area (Å²) in [5.41, 5.74) is 0.470. The molecule has 6 heteroatoms. The van der Waals surface area contributed by atoms with Gasteiger partial charge in [0.15, 0.2) is 11.4 Å². The molecule has 0 saturated heterocycles. The van der Waals surface area contributed by atoms with Crippen LogP contribution in [0.3, 0.4) is 0 Å². The van der Waals surface area contributed by atoms with Crippen molar-refractivity contribution in [2.24, 2.45) is 0 Å². The first-order valence-corrected chi connectivity index (χ1v) is 8.73. The summed E-state index contributed by atoms with van der Waals surface area (Å²) in [7, 11) is 0. The number of aryl methyl sites for hydroxylation is 1. The summed E-state index contributed by atoms with van der Waals surface area (Å²) in [6.07, 6.45) is 1.66. The Hall–Kier alpha value is -3.15. The lowest BCUT2D eigenvalue weighted by Gasteiger charge is -2.12. The van der Waals surface area contributed by atoms with E-state index in [-0.39, 0.29) is 23.9 Å². The van der Waals surface area contributed by atoms with Crippen molar-refractivity contribution in [3.8, 4) is 17.2 Å². The molecule has 0 aliphatic carbocycles. The number of benzene rings is 2. The third-order valence-corrected chi connectivity index (χ3v) is 4.11. The molecule has 0 atom stereocenters. The van der Waals surface area contributed by atoms with Crippen molar-refractivity contribution in [3.05, 3.63) is 59.7 Å². The first-order chi connectivity index (χ1) is 13.0. The van der Waals surface area contributed by atoms with Gasteiger partial charge < -0.3 is 14.6 Å². The molecule has 0 spiro atoms. The van der Waals surface area contributed by atoms with Crippen LogP contribution in [0.2, 0.25) is 0 Å². The molecule has 0 bridgehead atoms. The molecule has 1 aromatic heterocycles. The number of fused-ring (bicyclic) bond motifs is 1. The highest BCUT2D eigenvalue weighted by Gasteiger charge is 2.19. The number of ether oxygens (including phenoxy) is 2. The number of unbranched alkanes of at least 4 members (excludes halogenated alkanes) is 1. The quantitative estimate of drug-likeness (QED) is 0.481. The standard InChI is InChI=1S/C21H20FNO4/c1-3-4-11-26-21(25)19-20(24)17-10-9-16(12-18(17)13(2)23-19)27-15-7-5-14(22)6-8-15/h5-10,12,24H,3-4,11H2,1-2H3. The van der Waals surface area contributed by atoms with Crippen LogP contribution < -0.4 is 4.74 Å². The van der Waals surface area contributed by atoms with Gasteiger partial charge in [-0.3, -0.25) is 0 Å². The van der Waals surface area contributed by atoms with Gasteiger partial charge in [-0.15, -0.1) is 0 Å². The number of aromatic nitrogens is 1. The fourth-order valence-corrected chi connectivity index (χ4v) is 2.66. The molecule has 0 fully saturated rings. The normalized spacial score (nSPS) is 10.8. The van der Waals surface area contributed by atoms with Crippen molar-refractivity contribution >= 4 is 16.7 Å². The second-order valence-corrected chi connectivity index (χ2v) is 6.15. The summed E-state index contributed by atoms with van der Waals surface area (Å²) >= 11 is 0. The summed E-state index contributed by atoms with van der Waals surface area (Å²) in [4.78, 5) is 16.4. The van der Waals surface area contributed by atoms with Crippen LogP contribution in [-0.2, 0) is 4.74 Å². The Morgan fingerprint density at radius 2 is 1.81 bits per heavy atom. The lowest BCUT2D eigenvalue weighted by molar-refractivity contribution is 0.0489. The minimum absolute atomic E-state index is 0.0942. The van der Waals surface area contributed by atoms with Gasteiger partial charge in [-0.05, 0) is 55.8 Å². The number of aromatic hydroxyl groups is 1. The predicted octanol–water partition coefficient (Wildman–Crippen LogP) is 5.14. The Balaban J connectivity index is 1.91. The Bertz CT molecular complexity index is 970. The highest BCUT2D eigenvalue weighted by Crippen LogP contribution is 2.33. The average Bonchev–Trinajstić information content (AvgIpc) is 2.66. The van der Waals surface area contributed by atoms with E-state index in [1.54, 1.807) is 25.1 Å². The van der Waals surface area contributed by atoms with Crippen LogP contribution in [0.25, 0.3) is 10.8 Å². The first-order valence-electron chi connectivity index (χ1n) is 8.73. The van der Waals surface area contributed by atoms with Gasteiger partial charge in [0.2, 0.25) is 0 Å². The van der Waals surface area contributed by atoms with Gasteiger partial charge in [0.1, 0.15) is 17.3 Å². The summed E-state index contributed by atoms with van der Waals surface area (Å²) < 4.78 is 23.9. The molecule has 140 valence electrons. The molecule has 3 rings (SSSR count). The lowest BCUT2D eigenvalue weighted by Crippen LogP contribution is -2.10. The van der Waals surface area contributed by atoms with Gasteiger partial charge >= 0.3 is 5.97 Å². The van der Waals surface area contributed by atoms with E-state index >= 15 is 0 Å². The van der Waals surface area contributed by atoms with E-state index in [1.807, 2.05) is 6.92 Å². The maximum Gasteiger partial charge on any atom is 0.360 e. The van der Waals surface area contributed by atoms with Crippen LogP contribution >= 0.6 is 0 Å². The number of rotatable bonds is 6. The highest BCUT2D eigenvalue weighted by atomic mass is 19.1. The van der Waals surface area contributed by atoms with Gasteiger partial charge in [0.25, 0.3) is 0 Å². The summed E-state index contributed by atoms with van der Waals surface area (Å²) in [5, 5.41) is 11.6. The molecule has 0 saturated carbocycles. The molecule has 27 heavy (non-hydrogen) atoms. The Labute approximate surface area is 156 Å². The minimum Gasteiger partial charge on any atom is -0.505 e. The Morgan fingerprint density at radius 1 is 1.11 bits per heavy atom. The van der Waals surface area contributed by atoms with Crippen LogP contribution in [0.5, 0.6) is 17.2 Å². The molecule has 0 amide bonds. The SMILES string of the molecule is CCCCOC(=O)c1nc(C)c2cc(Oc3ccc(F)cc3)ccc2c1O. The van der Waals surface area contributed by atoms with E-state index in [0.29, 0.717) is 28.0 Å². The number of hydrogen-bond donors (Lipinski definition) is 1. The zero-order chi connectivity index (χ0) is 19.4. The van der Waals surface area contributed by atoms with Crippen LogP contribution in [0.4, 0.5) is 4.39 Å². The molecule has 1 N–H and O–H groups in total. The van der Waals surface area contributed by atoms with E-state index in [9.17, 15) is 14.3 Å². The van der Waals surface area contributed by atoms with Crippen LogP contribution in [0.15, 0.2) is 42.5 Å². The van der Waals surface area contributed by atoms with Crippen molar-refractivity contribution in [1.29, 1.82) is 0 Å². The van der Waals surface area contributed by atoms with E-state index in [2.05, 4.69) is 4.98 Å². The molecule has 0 aliphatic rings. The summed E-state index contributed by atoms with van der Waals surface area (Å²) in [6, 6.07) is 10.7. The molecule has 2 aromatic carbocycles. The molecule has 5 nitrogen and oxygen atoms in total. The number of carbonyl (C=O) groups excluding carboxylic acids is 1. The van der Waals surface area contributed by atoms with Crippen molar-refractivity contribution < 1.29 is 23.8 Å². The lowest BCUT2D eigenvalue weighted by atomic mass is 10.1.